The normalized spacial score (nSPS) is 10.8. The molecule has 0 saturated carbocycles. The van der Waals surface area contributed by atoms with Crippen molar-refractivity contribution in [3.05, 3.63) is 64.7 Å². The maximum atomic E-state index is 13.8. The van der Waals surface area contributed by atoms with Crippen molar-refractivity contribution in [3.63, 3.8) is 0 Å². The van der Waals surface area contributed by atoms with Crippen molar-refractivity contribution >= 4 is 23.4 Å². The average Bonchev–Trinajstić information content (AvgIpc) is 3.04. The van der Waals surface area contributed by atoms with E-state index in [0.29, 0.717) is 15.9 Å². The molecule has 4 nitrogen and oxygen atoms in total. The van der Waals surface area contributed by atoms with Gasteiger partial charge in [0.05, 0.1) is 12.8 Å². The predicted octanol–water partition coefficient (Wildman–Crippen LogP) is 4.67. The minimum atomic E-state index is -0.373. The zero-order valence-electron chi connectivity index (χ0n) is 13.2. The number of nitrogens with zero attached hydrogens (tertiary/aromatic N) is 3. The summed E-state index contributed by atoms with van der Waals surface area (Å²) >= 11 is 7.66. The highest BCUT2D eigenvalue weighted by atomic mass is 35.5. The highest BCUT2D eigenvalue weighted by Gasteiger charge is 2.10. The summed E-state index contributed by atoms with van der Waals surface area (Å²) in [7, 11) is 1.45. The molecule has 0 saturated heterocycles. The summed E-state index contributed by atoms with van der Waals surface area (Å²) in [5.41, 5.74) is 2.74. The van der Waals surface area contributed by atoms with Crippen molar-refractivity contribution in [2.24, 2.45) is 0 Å². The molecule has 0 amide bonds. The zero-order valence-corrected chi connectivity index (χ0v) is 14.7. The van der Waals surface area contributed by atoms with Gasteiger partial charge in [0.2, 0.25) is 0 Å². The van der Waals surface area contributed by atoms with E-state index in [2.05, 4.69) is 10.2 Å². The Morgan fingerprint density at radius 1 is 1.25 bits per heavy atom. The fraction of sp³-hybridized carbons (Fsp3) is 0.176. The van der Waals surface area contributed by atoms with Gasteiger partial charge < -0.3 is 4.74 Å². The monoisotopic (exact) mass is 363 g/mol. The van der Waals surface area contributed by atoms with Gasteiger partial charge in [-0.3, -0.25) is 4.57 Å². The standard InChI is InChI=1S/C17H15ClFN3OS/c1-11-3-5-13(8-14(11)18)22-10-20-21-17(22)24-9-12-4-6-16(23-2)15(19)7-12/h3-8,10H,9H2,1-2H3. The van der Waals surface area contributed by atoms with Gasteiger partial charge >= 0.3 is 0 Å². The number of thioether (sulfide) groups is 1. The van der Waals surface area contributed by atoms with E-state index in [4.69, 9.17) is 16.3 Å². The molecule has 0 N–H and O–H groups in total. The van der Waals surface area contributed by atoms with Gasteiger partial charge in [0.1, 0.15) is 6.33 Å². The van der Waals surface area contributed by atoms with Crippen LogP contribution in [0.15, 0.2) is 47.9 Å². The molecule has 124 valence electrons. The van der Waals surface area contributed by atoms with Crippen molar-refractivity contribution in [1.29, 1.82) is 0 Å². The molecule has 0 spiro atoms. The molecule has 3 rings (SSSR count). The van der Waals surface area contributed by atoms with Gasteiger partial charge in [0.15, 0.2) is 16.7 Å². The van der Waals surface area contributed by atoms with Gasteiger partial charge in [-0.05, 0) is 42.3 Å². The summed E-state index contributed by atoms with van der Waals surface area (Å²) in [6.45, 7) is 1.95. The molecule has 2 aromatic carbocycles. The molecular weight excluding hydrogens is 349 g/mol. The van der Waals surface area contributed by atoms with Crippen LogP contribution in [0.4, 0.5) is 4.39 Å². The average molecular weight is 364 g/mol. The molecule has 0 fully saturated rings. The molecule has 3 aromatic rings. The SMILES string of the molecule is COc1ccc(CSc2nncn2-c2ccc(C)c(Cl)c2)cc1F. The maximum Gasteiger partial charge on any atom is 0.195 e. The van der Waals surface area contributed by atoms with Gasteiger partial charge in [0, 0.05) is 10.8 Å². The first-order chi connectivity index (χ1) is 11.6. The molecule has 1 heterocycles. The fourth-order valence-corrected chi connectivity index (χ4v) is 3.23. The maximum absolute atomic E-state index is 13.8. The number of hydrogen-bond donors (Lipinski definition) is 0. The number of hydrogen-bond acceptors (Lipinski definition) is 4. The molecule has 0 radical (unpaired) electrons. The van der Waals surface area contributed by atoms with Crippen molar-refractivity contribution in [2.45, 2.75) is 17.8 Å². The van der Waals surface area contributed by atoms with E-state index in [-0.39, 0.29) is 11.6 Å². The molecule has 0 bridgehead atoms. The molecule has 24 heavy (non-hydrogen) atoms. The van der Waals surface area contributed by atoms with E-state index in [1.54, 1.807) is 12.4 Å². The molecule has 1 aromatic heterocycles. The van der Waals surface area contributed by atoms with Gasteiger partial charge in [-0.25, -0.2) is 4.39 Å². The van der Waals surface area contributed by atoms with E-state index in [9.17, 15) is 4.39 Å². The third kappa shape index (κ3) is 3.55. The van der Waals surface area contributed by atoms with E-state index in [0.717, 1.165) is 16.8 Å². The third-order valence-electron chi connectivity index (χ3n) is 3.53. The van der Waals surface area contributed by atoms with Crippen LogP contribution in [0.1, 0.15) is 11.1 Å². The Bertz CT molecular complexity index is 869. The molecule has 7 heteroatoms. The first-order valence-electron chi connectivity index (χ1n) is 7.20. The van der Waals surface area contributed by atoms with E-state index >= 15 is 0 Å². The minimum absolute atomic E-state index is 0.237. The van der Waals surface area contributed by atoms with Crippen LogP contribution in [0.25, 0.3) is 5.69 Å². The Morgan fingerprint density at radius 3 is 2.79 bits per heavy atom. The lowest BCUT2D eigenvalue weighted by atomic mass is 10.2. The first kappa shape index (κ1) is 16.8. The fourth-order valence-electron chi connectivity index (χ4n) is 2.18. The second kappa shape index (κ2) is 7.23. The van der Waals surface area contributed by atoms with Crippen LogP contribution in [-0.4, -0.2) is 21.9 Å². The predicted molar refractivity (Wildman–Crippen MR) is 93.6 cm³/mol. The Kier molecular flexibility index (Phi) is 5.06. The molecular formula is C17H15ClFN3OS. The van der Waals surface area contributed by atoms with Crippen molar-refractivity contribution in [1.82, 2.24) is 14.8 Å². The number of methoxy groups -OCH3 is 1. The number of aryl methyl sites for hydroxylation is 1. The smallest absolute Gasteiger partial charge is 0.195 e. The third-order valence-corrected chi connectivity index (χ3v) is 4.96. The number of aromatic nitrogens is 3. The minimum Gasteiger partial charge on any atom is -0.494 e. The quantitative estimate of drug-likeness (QED) is 0.617. The van der Waals surface area contributed by atoms with Gasteiger partial charge in [-0.15, -0.1) is 10.2 Å². The number of halogens is 2. The first-order valence-corrected chi connectivity index (χ1v) is 8.56. The molecule has 0 aliphatic rings. The van der Waals surface area contributed by atoms with Gasteiger partial charge in [-0.2, -0.15) is 0 Å². The van der Waals surface area contributed by atoms with Gasteiger partial charge in [-0.1, -0.05) is 35.5 Å². The highest BCUT2D eigenvalue weighted by Crippen LogP contribution is 2.27. The zero-order chi connectivity index (χ0) is 17.1. The molecule has 0 atom stereocenters. The number of rotatable bonds is 5. The summed E-state index contributed by atoms with van der Waals surface area (Å²) < 4.78 is 20.5. The number of benzene rings is 2. The molecule has 0 aliphatic carbocycles. The van der Waals surface area contributed by atoms with Crippen LogP contribution in [0.3, 0.4) is 0 Å². The lowest BCUT2D eigenvalue weighted by Crippen LogP contribution is -1.96. The highest BCUT2D eigenvalue weighted by molar-refractivity contribution is 7.98. The Morgan fingerprint density at radius 2 is 2.08 bits per heavy atom. The Labute approximate surface area is 148 Å². The summed E-state index contributed by atoms with van der Waals surface area (Å²) in [5, 5.41) is 9.50. The van der Waals surface area contributed by atoms with Crippen LogP contribution >= 0.6 is 23.4 Å². The second-order valence-corrected chi connectivity index (χ2v) is 6.52. The molecule has 0 unspecified atom stereocenters. The van der Waals surface area contributed by atoms with Crippen LogP contribution in [-0.2, 0) is 5.75 Å². The lowest BCUT2D eigenvalue weighted by molar-refractivity contribution is 0.386. The van der Waals surface area contributed by atoms with Crippen LogP contribution in [0.2, 0.25) is 5.02 Å². The summed E-state index contributed by atoms with van der Waals surface area (Å²) in [5.74, 6) is 0.433. The summed E-state index contributed by atoms with van der Waals surface area (Å²) in [6.07, 6.45) is 1.64. The van der Waals surface area contributed by atoms with E-state index in [1.165, 1.54) is 24.9 Å². The van der Waals surface area contributed by atoms with Gasteiger partial charge in [0.25, 0.3) is 0 Å². The largest absolute Gasteiger partial charge is 0.494 e. The van der Waals surface area contributed by atoms with Crippen LogP contribution < -0.4 is 4.74 Å². The molecule has 0 aliphatic heterocycles. The second-order valence-electron chi connectivity index (χ2n) is 5.17. The number of ether oxygens (including phenoxy) is 1. The Hall–Kier alpha value is -2.05. The van der Waals surface area contributed by atoms with E-state index in [1.807, 2.05) is 35.8 Å². The van der Waals surface area contributed by atoms with E-state index < -0.39 is 0 Å². The van der Waals surface area contributed by atoms with Crippen molar-refractivity contribution in [3.8, 4) is 11.4 Å². The Balaban J connectivity index is 1.78. The lowest BCUT2D eigenvalue weighted by Gasteiger charge is -2.08. The topological polar surface area (TPSA) is 39.9 Å². The van der Waals surface area contributed by atoms with Crippen LogP contribution in [0.5, 0.6) is 5.75 Å². The summed E-state index contributed by atoms with van der Waals surface area (Å²) in [6, 6.07) is 10.7. The summed E-state index contributed by atoms with van der Waals surface area (Å²) in [4.78, 5) is 0. The van der Waals surface area contributed by atoms with Crippen molar-refractivity contribution < 1.29 is 9.13 Å². The van der Waals surface area contributed by atoms with Crippen molar-refractivity contribution in [2.75, 3.05) is 7.11 Å². The van der Waals surface area contributed by atoms with Crippen LogP contribution in [0, 0.1) is 12.7 Å².